The fraction of sp³-hybridized carbons (Fsp3) is 0.267. The van der Waals surface area contributed by atoms with Gasteiger partial charge in [-0.1, -0.05) is 48.9 Å². The molecular formula is C30H30ClN5O3. The molecule has 8 nitrogen and oxygen atoms in total. The van der Waals surface area contributed by atoms with Gasteiger partial charge >= 0.3 is 5.69 Å². The number of aromatic nitrogens is 3. The van der Waals surface area contributed by atoms with Crippen molar-refractivity contribution in [3.63, 3.8) is 0 Å². The van der Waals surface area contributed by atoms with E-state index in [0.29, 0.717) is 42.2 Å². The van der Waals surface area contributed by atoms with E-state index in [1.165, 1.54) is 15.6 Å². The Morgan fingerprint density at radius 1 is 0.872 bits per heavy atom. The van der Waals surface area contributed by atoms with Gasteiger partial charge in [0.2, 0.25) is 5.91 Å². The fourth-order valence-electron chi connectivity index (χ4n) is 4.90. The smallest absolute Gasteiger partial charge is 0.351 e. The molecule has 1 amide bonds. The van der Waals surface area contributed by atoms with Gasteiger partial charge < -0.3 is 9.80 Å². The van der Waals surface area contributed by atoms with Crippen molar-refractivity contribution < 1.29 is 9.59 Å². The second-order valence-electron chi connectivity index (χ2n) is 9.57. The van der Waals surface area contributed by atoms with Crippen LogP contribution in [0.4, 0.5) is 5.69 Å². The highest BCUT2D eigenvalue weighted by molar-refractivity contribution is 6.30. The molecule has 1 saturated heterocycles. The standard InChI is InChI=1S/C30H30ClN5O3/c1-2-27(29(38)23-8-10-24(31)11-9-23)36-30(39)35(21-32-36)26-14-12-25(13-15-26)33-16-18-34(19-17-33)28(37)20-22-6-4-3-5-7-22/h3-15,21,27H,2,16-20H2,1H3. The average Bonchev–Trinajstić information content (AvgIpc) is 3.35. The van der Waals surface area contributed by atoms with Gasteiger partial charge in [-0.3, -0.25) is 9.59 Å². The van der Waals surface area contributed by atoms with Crippen LogP contribution in [0, 0.1) is 0 Å². The summed E-state index contributed by atoms with van der Waals surface area (Å²) < 4.78 is 2.69. The minimum absolute atomic E-state index is 0.146. The number of rotatable bonds is 8. The van der Waals surface area contributed by atoms with Gasteiger partial charge in [0.15, 0.2) is 5.78 Å². The molecule has 5 rings (SSSR count). The van der Waals surface area contributed by atoms with E-state index < -0.39 is 6.04 Å². The van der Waals surface area contributed by atoms with Crippen molar-refractivity contribution in [2.24, 2.45) is 0 Å². The van der Waals surface area contributed by atoms with Gasteiger partial charge in [-0.2, -0.15) is 5.10 Å². The lowest BCUT2D eigenvalue weighted by atomic mass is 10.0. The summed E-state index contributed by atoms with van der Waals surface area (Å²) in [5, 5.41) is 4.81. The van der Waals surface area contributed by atoms with Gasteiger partial charge in [0.25, 0.3) is 0 Å². The zero-order valence-electron chi connectivity index (χ0n) is 21.7. The lowest BCUT2D eigenvalue weighted by Gasteiger charge is -2.36. The summed E-state index contributed by atoms with van der Waals surface area (Å²) in [5.41, 5.74) is 2.83. The summed E-state index contributed by atoms with van der Waals surface area (Å²) in [6.07, 6.45) is 2.30. The second kappa shape index (κ2) is 11.7. The maximum atomic E-state index is 13.2. The zero-order chi connectivity index (χ0) is 27.4. The van der Waals surface area contributed by atoms with Crippen LogP contribution in [0.1, 0.15) is 35.3 Å². The number of amides is 1. The molecule has 1 aliphatic heterocycles. The minimum Gasteiger partial charge on any atom is -0.368 e. The van der Waals surface area contributed by atoms with Gasteiger partial charge in [0.1, 0.15) is 12.4 Å². The molecular weight excluding hydrogens is 514 g/mol. The predicted octanol–water partition coefficient (Wildman–Crippen LogP) is 4.41. The first-order valence-corrected chi connectivity index (χ1v) is 13.5. The molecule has 1 aromatic heterocycles. The van der Waals surface area contributed by atoms with Crippen molar-refractivity contribution in [2.75, 3.05) is 31.1 Å². The number of benzene rings is 3. The molecule has 1 fully saturated rings. The third kappa shape index (κ3) is 5.81. The summed E-state index contributed by atoms with van der Waals surface area (Å²) in [4.78, 5) is 43.1. The van der Waals surface area contributed by atoms with Crippen molar-refractivity contribution in [3.05, 3.63) is 112 Å². The molecule has 200 valence electrons. The molecule has 3 aromatic carbocycles. The van der Waals surface area contributed by atoms with Gasteiger partial charge in [-0.25, -0.2) is 14.0 Å². The van der Waals surface area contributed by atoms with Gasteiger partial charge in [-0.15, -0.1) is 0 Å². The largest absolute Gasteiger partial charge is 0.368 e. The Labute approximate surface area is 232 Å². The van der Waals surface area contributed by atoms with Crippen molar-refractivity contribution in [1.82, 2.24) is 19.2 Å². The van der Waals surface area contributed by atoms with E-state index in [-0.39, 0.29) is 17.4 Å². The Morgan fingerprint density at radius 2 is 1.51 bits per heavy atom. The molecule has 4 aromatic rings. The average molecular weight is 544 g/mol. The molecule has 0 bridgehead atoms. The normalized spacial score (nSPS) is 14.3. The van der Waals surface area contributed by atoms with Gasteiger partial charge in [0.05, 0.1) is 12.1 Å². The summed E-state index contributed by atoms with van der Waals surface area (Å²) in [6, 6.07) is 23.4. The fourth-order valence-corrected chi connectivity index (χ4v) is 5.03. The predicted molar refractivity (Wildman–Crippen MR) is 152 cm³/mol. The van der Waals surface area contributed by atoms with E-state index in [2.05, 4.69) is 10.00 Å². The van der Waals surface area contributed by atoms with Crippen molar-refractivity contribution >= 4 is 29.0 Å². The molecule has 1 aliphatic rings. The minimum atomic E-state index is -0.708. The van der Waals surface area contributed by atoms with E-state index in [0.717, 1.165) is 24.3 Å². The highest BCUT2D eigenvalue weighted by Crippen LogP contribution is 2.21. The lowest BCUT2D eigenvalue weighted by Crippen LogP contribution is -2.49. The van der Waals surface area contributed by atoms with E-state index in [1.54, 1.807) is 24.3 Å². The topological polar surface area (TPSA) is 80.4 Å². The van der Waals surface area contributed by atoms with Crippen LogP contribution >= 0.6 is 11.6 Å². The summed E-state index contributed by atoms with van der Waals surface area (Å²) in [5.74, 6) is -0.0363. The highest BCUT2D eigenvalue weighted by atomic mass is 35.5. The van der Waals surface area contributed by atoms with E-state index >= 15 is 0 Å². The van der Waals surface area contributed by atoms with Crippen molar-refractivity contribution in [3.8, 4) is 5.69 Å². The number of halogens is 1. The SMILES string of the molecule is CCC(C(=O)c1ccc(Cl)cc1)n1ncn(-c2ccc(N3CCN(C(=O)Cc4ccccc4)CC3)cc2)c1=O. The number of ketones is 1. The number of hydrogen-bond donors (Lipinski definition) is 0. The van der Waals surface area contributed by atoms with Crippen LogP contribution in [0.25, 0.3) is 5.69 Å². The molecule has 1 atom stereocenters. The van der Waals surface area contributed by atoms with Crippen molar-refractivity contribution in [2.45, 2.75) is 25.8 Å². The molecule has 0 spiro atoms. The van der Waals surface area contributed by atoms with E-state index in [4.69, 9.17) is 11.6 Å². The second-order valence-corrected chi connectivity index (χ2v) is 10.0. The van der Waals surface area contributed by atoms with Gasteiger partial charge in [0, 0.05) is 42.5 Å². The number of piperazine rings is 1. The Bertz CT molecular complexity index is 1490. The molecule has 2 heterocycles. The summed E-state index contributed by atoms with van der Waals surface area (Å²) in [6.45, 7) is 4.67. The van der Waals surface area contributed by atoms with E-state index in [1.807, 2.05) is 66.4 Å². The molecule has 0 aliphatic carbocycles. The first kappa shape index (κ1) is 26.4. The third-order valence-electron chi connectivity index (χ3n) is 7.13. The Balaban J connectivity index is 1.24. The molecule has 1 unspecified atom stereocenters. The van der Waals surface area contributed by atoms with Crippen molar-refractivity contribution in [1.29, 1.82) is 0 Å². The Morgan fingerprint density at radius 3 is 2.15 bits per heavy atom. The van der Waals surface area contributed by atoms with Crippen LogP contribution in [0.15, 0.2) is 90.0 Å². The van der Waals surface area contributed by atoms with Crippen LogP contribution in [-0.2, 0) is 11.2 Å². The molecule has 0 radical (unpaired) electrons. The van der Waals surface area contributed by atoms with Gasteiger partial charge in [-0.05, 0) is 60.5 Å². The number of carbonyl (C=O) groups is 2. The molecule has 9 heteroatoms. The number of nitrogens with zero attached hydrogens (tertiary/aromatic N) is 5. The highest BCUT2D eigenvalue weighted by Gasteiger charge is 2.25. The monoisotopic (exact) mass is 543 g/mol. The summed E-state index contributed by atoms with van der Waals surface area (Å²) in [7, 11) is 0. The maximum absolute atomic E-state index is 13.2. The van der Waals surface area contributed by atoms with Crippen LogP contribution in [-0.4, -0.2) is 57.1 Å². The molecule has 0 N–H and O–H groups in total. The lowest BCUT2D eigenvalue weighted by molar-refractivity contribution is -0.130. The zero-order valence-corrected chi connectivity index (χ0v) is 22.5. The Kier molecular flexibility index (Phi) is 7.93. The quantitative estimate of drug-likeness (QED) is 0.307. The molecule has 39 heavy (non-hydrogen) atoms. The number of hydrogen-bond acceptors (Lipinski definition) is 5. The maximum Gasteiger partial charge on any atom is 0.351 e. The third-order valence-corrected chi connectivity index (χ3v) is 7.38. The van der Waals surface area contributed by atoms with Crippen LogP contribution in [0.5, 0.6) is 0 Å². The van der Waals surface area contributed by atoms with Crippen LogP contribution in [0.3, 0.4) is 0 Å². The molecule has 0 saturated carbocycles. The van der Waals surface area contributed by atoms with Crippen LogP contribution < -0.4 is 10.6 Å². The number of carbonyl (C=O) groups excluding carboxylic acids is 2. The van der Waals surface area contributed by atoms with Crippen LogP contribution in [0.2, 0.25) is 5.02 Å². The first-order valence-electron chi connectivity index (χ1n) is 13.1. The first-order chi connectivity index (χ1) is 18.9. The summed E-state index contributed by atoms with van der Waals surface area (Å²) >= 11 is 5.95. The number of Topliss-reactive ketones (excluding diaryl/α,β-unsaturated/α-hetero) is 1. The Hall–Kier alpha value is -4.17. The number of anilines is 1. The van der Waals surface area contributed by atoms with E-state index in [9.17, 15) is 14.4 Å².